The number of guanidine groups is 1. The summed E-state index contributed by atoms with van der Waals surface area (Å²) < 4.78 is 0.955. The fourth-order valence-corrected chi connectivity index (χ4v) is 2.63. The third kappa shape index (κ3) is 6.23. The van der Waals surface area contributed by atoms with E-state index in [4.69, 9.17) is 0 Å². The van der Waals surface area contributed by atoms with Crippen LogP contribution in [0.25, 0.3) is 0 Å². The van der Waals surface area contributed by atoms with E-state index in [0.29, 0.717) is 18.7 Å². The van der Waals surface area contributed by atoms with E-state index in [9.17, 15) is 4.79 Å². The molecular formula is C19H23BrN4O. The minimum absolute atomic E-state index is 0.0815. The Bertz CT molecular complexity index is 701. The second-order valence-corrected chi connectivity index (χ2v) is 6.49. The van der Waals surface area contributed by atoms with E-state index in [-0.39, 0.29) is 5.91 Å². The van der Waals surface area contributed by atoms with Gasteiger partial charge in [-0.25, -0.2) is 0 Å². The molecule has 5 nitrogen and oxygen atoms in total. The van der Waals surface area contributed by atoms with E-state index in [1.54, 1.807) is 19.2 Å². The molecule has 0 aliphatic rings. The Morgan fingerprint density at radius 2 is 1.68 bits per heavy atom. The van der Waals surface area contributed by atoms with E-state index in [0.717, 1.165) is 17.0 Å². The van der Waals surface area contributed by atoms with Crippen molar-refractivity contribution in [2.45, 2.75) is 6.54 Å². The Balaban J connectivity index is 1.75. The Hall–Kier alpha value is -2.34. The molecule has 2 aromatic carbocycles. The first-order chi connectivity index (χ1) is 12.1. The van der Waals surface area contributed by atoms with Gasteiger partial charge in [-0.3, -0.25) is 9.79 Å². The number of hydrogen-bond acceptors (Lipinski definition) is 2. The van der Waals surface area contributed by atoms with Crippen molar-refractivity contribution >= 4 is 27.8 Å². The van der Waals surface area contributed by atoms with Gasteiger partial charge in [0, 0.05) is 43.8 Å². The van der Waals surface area contributed by atoms with E-state index < -0.39 is 0 Å². The third-order valence-electron chi connectivity index (χ3n) is 3.64. The molecule has 0 aliphatic carbocycles. The van der Waals surface area contributed by atoms with Crippen LogP contribution in [-0.2, 0) is 6.54 Å². The zero-order valence-electron chi connectivity index (χ0n) is 14.5. The molecule has 0 radical (unpaired) electrons. The highest BCUT2D eigenvalue weighted by molar-refractivity contribution is 9.10. The van der Waals surface area contributed by atoms with Crippen molar-refractivity contribution in [1.82, 2.24) is 15.5 Å². The summed E-state index contributed by atoms with van der Waals surface area (Å²) in [5.74, 6) is 0.712. The molecule has 0 saturated heterocycles. The summed E-state index contributed by atoms with van der Waals surface area (Å²) in [5, 5.41) is 6.16. The Morgan fingerprint density at radius 3 is 2.32 bits per heavy atom. The summed E-state index contributed by atoms with van der Waals surface area (Å²) in [4.78, 5) is 18.4. The maximum absolute atomic E-state index is 12.1. The van der Waals surface area contributed by atoms with Crippen LogP contribution in [0.2, 0.25) is 0 Å². The van der Waals surface area contributed by atoms with E-state index in [1.165, 1.54) is 5.56 Å². The smallest absolute Gasteiger partial charge is 0.251 e. The Labute approximate surface area is 157 Å². The van der Waals surface area contributed by atoms with Gasteiger partial charge in [0.1, 0.15) is 0 Å². The van der Waals surface area contributed by atoms with Gasteiger partial charge >= 0.3 is 0 Å². The zero-order chi connectivity index (χ0) is 18.1. The summed E-state index contributed by atoms with van der Waals surface area (Å²) in [7, 11) is 3.74. The predicted octanol–water partition coefficient (Wildman–Crippen LogP) is 2.89. The van der Waals surface area contributed by atoms with Crippen molar-refractivity contribution in [3.63, 3.8) is 0 Å². The molecule has 1 amide bonds. The molecule has 6 heteroatoms. The molecule has 0 saturated carbocycles. The van der Waals surface area contributed by atoms with Gasteiger partial charge in [-0.15, -0.1) is 0 Å². The first-order valence-corrected chi connectivity index (χ1v) is 8.89. The lowest BCUT2D eigenvalue weighted by Gasteiger charge is -2.22. The standard InChI is InChI=1S/C19H23BrN4O/c1-21-19(24(2)14-15-6-4-3-5-7-15)23-13-12-22-18(25)16-8-10-17(20)11-9-16/h3-11H,12-14H2,1-2H3,(H,21,23)(H,22,25). The molecule has 2 aromatic rings. The Kier molecular flexibility index (Phi) is 7.47. The van der Waals surface area contributed by atoms with Gasteiger partial charge in [0.15, 0.2) is 5.96 Å². The van der Waals surface area contributed by atoms with Crippen LogP contribution < -0.4 is 10.6 Å². The molecule has 0 aliphatic heterocycles. The number of nitrogens with zero attached hydrogens (tertiary/aromatic N) is 2. The van der Waals surface area contributed by atoms with Gasteiger partial charge in [0.25, 0.3) is 5.91 Å². The number of hydrogen-bond donors (Lipinski definition) is 2. The van der Waals surface area contributed by atoms with Gasteiger partial charge in [-0.05, 0) is 29.8 Å². The predicted molar refractivity (Wildman–Crippen MR) is 106 cm³/mol. The van der Waals surface area contributed by atoms with Gasteiger partial charge < -0.3 is 15.5 Å². The monoisotopic (exact) mass is 402 g/mol. The van der Waals surface area contributed by atoms with Crippen LogP contribution in [0.15, 0.2) is 64.1 Å². The highest BCUT2D eigenvalue weighted by Gasteiger charge is 2.07. The van der Waals surface area contributed by atoms with Gasteiger partial charge in [-0.1, -0.05) is 46.3 Å². The minimum atomic E-state index is -0.0815. The molecule has 0 fully saturated rings. The molecule has 0 aromatic heterocycles. The average Bonchev–Trinajstić information content (AvgIpc) is 2.63. The molecular weight excluding hydrogens is 380 g/mol. The van der Waals surface area contributed by atoms with Crippen molar-refractivity contribution in [1.29, 1.82) is 0 Å². The van der Waals surface area contributed by atoms with Crippen molar-refractivity contribution < 1.29 is 4.79 Å². The number of amides is 1. The number of nitrogens with one attached hydrogen (secondary N) is 2. The summed E-state index contributed by atoms with van der Waals surface area (Å²) in [6, 6.07) is 17.5. The molecule has 0 unspecified atom stereocenters. The average molecular weight is 403 g/mol. The molecule has 0 heterocycles. The largest absolute Gasteiger partial charge is 0.354 e. The highest BCUT2D eigenvalue weighted by Crippen LogP contribution is 2.10. The summed E-state index contributed by atoms with van der Waals surface area (Å²) in [5.41, 5.74) is 1.87. The molecule has 0 spiro atoms. The van der Waals surface area contributed by atoms with Crippen LogP contribution in [0.4, 0.5) is 0 Å². The maximum Gasteiger partial charge on any atom is 0.251 e. The maximum atomic E-state index is 12.1. The molecule has 2 rings (SSSR count). The van der Waals surface area contributed by atoms with Gasteiger partial charge in [0.05, 0.1) is 0 Å². The summed E-state index contributed by atoms with van der Waals surface area (Å²) in [6.45, 7) is 1.90. The number of rotatable bonds is 6. The zero-order valence-corrected chi connectivity index (χ0v) is 16.1. The second-order valence-electron chi connectivity index (χ2n) is 5.58. The van der Waals surface area contributed by atoms with Gasteiger partial charge in [-0.2, -0.15) is 0 Å². The first-order valence-electron chi connectivity index (χ1n) is 8.09. The normalized spacial score (nSPS) is 11.1. The number of benzene rings is 2. The number of halogens is 1. The van der Waals surface area contributed by atoms with Crippen LogP contribution in [0.5, 0.6) is 0 Å². The number of aliphatic imine (C=N–C) groups is 1. The summed E-state index contributed by atoms with van der Waals surface area (Å²) >= 11 is 3.36. The lowest BCUT2D eigenvalue weighted by Crippen LogP contribution is -2.42. The second kappa shape index (κ2) is 9.84. The summed E-state index contributed by atoms with van der Waals surface area (Å²) in [6.07, 6.45) is 0. The topological polar surface area (TPSA) is 56.7 Å². The fourth-order valence-electron chi connectivity index (χ4n) is 2.37. The number of carbonyl (C=O) groups excluding carboxylic acids is 1. The Morgan fingerprint density at radius 1 is 1.04 bits per heavy atom. The van der Waals surface area contributed by atoms with Crippen LogP contribution in [0.1, 0.15) is 15.9 Å². The lowest BCUT2D eigenvalue weighted by atomic mass is 10.2. The first kappa shape index (κ1) is 19.0. The van der Waals surface area contributed by atoms with Crippen molar-refractivity contribution in [2.24, 2.45) is 4.99 Å². The van der Waals surface area contributed by atoms with Crippen LogP contribution in [-0.4, -0.2) is 44.0 Å². The molecule has 0 atom stereocenters. The van der Waals surface area contributed by atoms with E-state index in [2.05, 4.69) is 43.7 Å². The van der Waals surface area contributed by atoms with Crippen molar-refractivity contribution in [3.8, 4) is 0 Å². The quantitative estimate of drug-likeness (QED) is 0.443. The van der Waals surface area contributed by atoms with Crippen molar-refractivity contribution in [3.05, 3.63) is 70.2 Å². The van der Waals surface area contributed by atoms with Crippen LogP contribution in [0.3, 0.4) is 0 Å². The fraction of sp³-hybridized carbons (Fsp3) is 0.263. The van der Waals surface area contributed by atoms with E-state index >= 15 is 0 Å². The van der Waals surface area contributed by atoms with Crippen LogP contribution in [0, 0.1) is 0 Å². The van der Waals surface area contributed by atoms with Crippen molar-refractivity contribution in [2.75, 3.05) is 27.2 Å². The SMILES string of the molecule is CN=C(NCCNC(=O)c1ccc(Br)cc1)N(C)Cc1ccccc1. The highest BCUT2D eigenvalue weighted by atomic mass is 79.9. The van der Waals surface area contributed by atoms with E-state index in [1.807, 2.05) is 42.3 Å². The molecule has 25 heavy (non-hydrogen) atoms. The number of carbonyl (C=O) groups is 1. The minimum Gasteiger partial charge on any atom is -0.354 e. The lowest BCUT2D eigenvalue weighted by molar-refractivity contribution is 0.0954. The van der Waals surface area contributed by atoms with Gasteiger partial charge in [0.2, 0.25) is 0 Å². The molecule has 132 valence electrons. The van der Waals surface area contributed by atoms with Crippen LogP contribution >= 0.6 is 15.9 Å². The third-order valence-corrected chi connectivity index (χ3v) is 4.16. The molecule has 0 bridgehead atoms. The molecule has 2 N–H and O–H groups in total.